The molecule has 1 aromatic carbocycles. The van der Waals surface area contributed by atoms with E-state index in [-0.39, 0.29) is 5.41 Å². The van der Waals surface area contributed by atoms with Gasteiger partial charge in [-0.15, -0.1) is 0 Å². The molecule has 0 saturated heterocycles. The van der Waals surface area contributed by atoms with Crippen LogP contribution in [0.25, 0.3) is 0 Å². The third-order valence-electron chi connectivity index (χ3n) is 2.41. The molecule has 0 spiro atoms. The van der Waals surface area contributed by atoms with Gasteiger partial charge in [-0.05, 0) is 31.5 Å². The Kier molecular flexibility index (Phi) is 4.80. The normalized spacial score (nSPS) is 11.0. The van der Waals surface area contributed by atoms with E-state index in [9.17, 15) is 0 Å². The maximum Gasteiger partial charge on any atom is 0.137 e. The lowest BCUT2D eigenvalue weighted by Crippen LogP contribution is -2.27. The van der Waals surface area contributed by atoms with Gasteiger partial charge >= 0.3 is 0 Å². The van der Waals surface area contributed by atoms with Gasteiger partial charge in [-0.2, -0.15) is 5.26 Å². The molecule has 0 bridgehead atoms. The number of rotatable bonds is 5. The van der Waals surface area contributed by atoms with Crippen LogP contribution in [-0.2, 0) is 6.54 Å². The van der Waals surface area contributed by atoms with E-state index in [1.165, 1.54) is 0 Å². The van der Waals surface area contributed by atoms with Crippen LogP contribution in [0.4, 0.5) is 0 Å². The molecule has 4 heteroatoms. The average molecular weight is 253 g/mol. The van der Waals surface area contributed by atoms with Crippen LogP contribution in [0.5, 0.6) is 5.75 Å². The molecule has 0 fully saturated rings. The highest BCUT2D eigenvalue weighted by Crippen LogP contribution is 2.24. The van der Waals surface area contributed by atoms with Gasteiger partial charge in [0.15, 0.2) is 0 Å². The monoisotopic (exact) mass is 252 g/mol. The van der Waals surface area contributed by atoms with Crippen molar-refractivity contribution in [2.45, 2.75) is 20.4 Å². The Morgan fingerprint density at radius 2 is 2.18 bits per heavy atom. The first-order valence-corrected chi connectivity index (χ1v) is 5.81. The molecule has 0 aliphatic heterocycles. The van der Waals surface area contributed by atoms with Crippen LogP contribution in [0.2, 0.25) is 5.02 Å². The van der Waals surface area contributed by atoms with Crippen LogP contribution in [0.15, 0.2) is 18.2 Å². The quantitative estimate of drug-likeness (QED) is 0.876. The standard InChI is InChI=1S/C13H17ClN2O/c1-13(2,8-15)9-16-7-10-4-5-12(17-3)11(14)6-10/h4-6,16H,7,9H2,1-3H3. The fraction of sp³-hybridized carbons (Fsp3) is 0.462. The van der Waals surface area contributed by atoms with Crippen molar-refractivity contribution in [1.29, 1.82) is 5.26 Å². The van der Waals surface area contributed by atoms with Crippen molar-refractivity contribution in [3.63, 3.8) is 0 Å². The third kappa shape index (κ3) is 4.26. The van der Waals surface area contributed by atoms with Crippen molar-refractivity contribution in [1.82, 2.24) is 5.32 Å². The minimum atomic E-state index is -0.351. The van der Waals surface area contributed by atoms with Crippen molar-refractivity contribution >= 4 is 11.6 Å². The average Bonchev–Trinajstić information content (AvgIpc) is 2.29. The third-order valence-corrected chi connectivity index (χ3v) is 2.71. The first-order valence-electron chi connectivity index (χ1n) is 5.43. The second-order valence-electron chi connectivity index (χ2n) is 4.57. The molecule has 1 rings (SSSR count). The summed E-state index contributed by atoms with van der Waals surface area (Å²) in [5.41, 5.74) is 0.723. The van der Waals surface area contributed by atoms with Crippen LogP contribution < -0.4 is 10.1 Å². The van der Waals surface area contributed by atoms with E-state index in [1.807, 2.05) is 32.0 Å². The van der Waals surface area contributed by atoms with E-state index in [4.69, 9.17) is 21.6 Å². The van der Waals surface area contributed by atoms with Gasteiger partial charge in [-0.1, -0.05) is 17.7 Å². The van der Waals surface area contributed by atoms with Gasteiger partial charge in [0.25, 0.3) is 0 Å². The maximum absolute atomic E-state index is 8.88. The second kappa shape index (κ2) is 5.90. The van der Waals surface area contributed by atoms with E-state index in [0.29, 0.717) is 23.9 Å². The van der Waals surface area contributed by atoms with Crippen molar-refractivity contribution < 1.29 is 4.74 Å². The van der Waals surface area contributed by atoms with E-state index in [2.05, 4.69) is 11.4 Å². The van der Waals surface area contributed by atoms with E-state index in [0.717, 1.165) is 5.56 Å². The van der Waals surface area contributed by atoms with Gasteiger partial charge in [0.2, 0.25) is 0 Å². The van der Waals surface area contributed by atoms with Crippen molar-refractivity contribution in [3.8, 4) is 11.8 Å². The fourth-order valence-corrected chi connectivity index (χ4v) is 1.66. The molecule has 0 aromatic heterocycles. The SMILES string of the molecule is COc1ccc(CNCC(C)(C)C#N)cc1Cl. The molecular formula is C13H17ClN2O. The first-order chi connectivity index (χ1) is 7.98. The zero-order valence-electron chi connectivity index (χ0n) is 10.4. The Morgan fingerprint density at radius 3 is 2.71 bits per heavy atom. The molecule has 0 radical (unpaired) electrons. The molecule has 0 saturated carbocycles. The summed E-state index contributed by atoms with van der Waals surface area (Å²) < 4.78 is 5.08. The van der Waals surface area contributed by atoms with Crippen LogP contribution in [0.3, 0.4) is 0 Å². The summed E-state index contributed by atoms with van der Waals surface area (Å²) in [6.45, 7) is 5.14. The Balaban J connectivity index is 2.54. The lowest BCUT2D eigenvalue weighted by Gasteiger charge is -2.16. The summed E-state index contributed by atoms with van der Waals surface area (Å²) >= 11 is 6.02. The van der Waals surface area contributed by atoms with Crippen LogP contribution in [0, 0.1) is 16.7 Å². The predicted molar refractivity (Wildman–Crippen MR) is 69.1 cm³/mol. The summed E-state index contributed by atoms with van der Waals surface area (Å²) in [6.07, 6.45) is 0. The minimum Gasteiger partial charge on any atom is -0.495 e. The van der Waals surface area contributed by atoms with E-state index >= 15 is 0 Å². The van der Waals surface area contributed by atoms with Gasteiger partial charge in [-0.3, -0.25) is 0 Å². The molecule has 0 unspecified atom stereocenters. The van der Waals surface area contributed by atoms with Gasteiger partial charge in [0.1, 0.15) is 5.75 Å². The molecule has 0 aliphatic carbocycles. The molecule has 1 aromatic rings. The van der Waals surface area contributed by atoms with Gasteiger partial charge < -0.3 is 10.1 Å². The molecule has 0 atom stereocenters. The molecule has 1 N–H and O–H groups in total. The summed E-state index contributed by atoms with van der Waals surface area (Å²) in [4.78, 5) is 0. The molecule has 0 aliphatic rings. The number of methoxy groups -OCH3 is 1. The first kappa shape index (κ1) is 13.8. The summed E-state index contributed by atoms with van der Waals surface area (Å²) in [5.74, 6) is 0.674. The minimum absolute atomic E-state index is 0.351. The summed E-state index contributed by atoms with van der Waals surface area (Å²) in [5, 5.41) is 12.7. The van der Waals surface area contributed by atoms with Crippen LogP contribution in [0.1, 0.15) is 19.4 Å². The zero-order chi connectivity index (χ0) is 12.9. The van der Waals surface area contributed by atoms with E-state index < -0.39 is 0 Å². The Bertz CT molecular complexity index is 424. The molecule has 17 heavy (non-hydrogen) atoms. The van der Waals surface area contributed by atoms with E-state index in [1.54, 1.807) is 7.11 Å². The number of nitrogens with zero attached hydrogens (tertiary/aromatic N) is 1. The highest BCUT2D eigenvalue weighted by molar-refractivity contribution is 6.32. The van der Waals surface area contributed by atoms with Gasteiger partial charge in [0, 0.05) is 13.1 Å². The number of ether oxygens (including phenoxy) is 1. The van der Waals surface area contributed by atoms with Gasteiger partial charge in [-0.25, -0.2) is 0 Å². The number of hydrogen-bond acceptors (Lipinski definition) is 3. The molecular weight excluding hydrogens is 236 g/mol. The fourth-order valence-electron chi connectivity index (χ4n) is 1.38. The molecule has 0 heterocycles. The number of benzene rings is 1. The highest BCUT2D eigenvalue weighted by atomic mass is 35.5. The van der Waals surface area contributed by atoms with Crippen molar-refractivity contribution in [3.05, 3.63) is 28.8 Å². The lowest BCUT2D eigenvalue weighted by molar-refractivity contribution is 0.414. The Labute approximate surface area is 107 Å². The van der Waals surface area contributed by atoms with Crippen molar-refractivity contribution in [2.24, 2.45) is 5.41 Å². The smallest absolute Gasteiger partial charge is 0.137 e. The number of hydrogen-bond donors (Lipinski definition) is 1. The van der Waals surface area contributed by atoms with Gasteiger partial charge in [0.05, 0.1) is 23.6 Å². The number of halogens is 1. The van der Waals surface area contributed by atoms with Crippen molar-refractivity contribution in [2.75, 3.05) is 13.7 Å². The maximum atomic E-state index is 8.88. The second-order valence-corrected chi connectivity index (χ2v) is 4.98. The number of nitriles is 1. The summed E-state index contributed by atoms with van der Waals surface area (Å²) in [7, 11) is 1.59. The zero-order valence-corrected chi connectivity index (χ0v) is 11.1. The Morgan fingerprint density at radius 1 is 1.47 bits per heavy atom. The number of nitrogens with one attached hydrogen (secondary N) is 1. The molecule has 3 nitrogen and oxygen atoms in total. The molecule has 92 valence electrons. The Hall–Kier alpha value is -1.24. The summed E-state index contributed by atoms with van der Waals surface area (Å²) in [6, 6.07) is 7.91. The highest BCUT2D eigenvalue weighted by Gasteiger charge is 2.15. The largest absolute Gasteiger partial charge is 0.495 e. The predicted octanol–water partition coefficient (Wildman–Crippen LogP) is 2.99. The van der Waals surface area contributed by atoms with Crippen LogP contribution >= 0.6 is 11.6 Å². The molecule has 0 amide bonds. The van der Waals surface area contributed by atoms with Crippen LogP contribution in [-0.4, -0.2) is 13.7 Å². The topological polar surface area (TPSA) is 45.0 Å². The lowest BCUT2D eigenvalue weighted by atomic mass is 9.96.